The van der Waals surface area contributed by atoms with Crippen LogP contribution in [0.2, 0.25) is 0 Å². The van der Waals surface area contributed by atoms with Crippen LogP contribution in [0.15, 0.2) is 45.9 Å². The molecule has 0 spiro atoms. The molecule has 2 heterocycles. The van der Waals surface area contributed by atoms with Crippen molar-refractivity contribution in [3.8, 4) is 0 Å². The van der Waals surface area contributed by atoms with Crippen molar-refractivity contribution < 1.29 is 4.42 Å². The van der Waals surface area contributed by atoms with E-state index in [9.17, 15) is 4.79 Å². The van der Waals surface area contributed by atoms with E-state index in [2.05, 4.69) is 10.4 Å². The molecule has 0 saturated carbocycles. The molecular weight excluding hydrogens is 218 g/mol. The molecule has 0 amide bonds. The Morgan fingerprint density at radius 3 is 3.06 bits per heavy atom. The lowest BCUT2D eigenvalue weighted by molar-refractivity contribution is 0.416. The van der Waals surface area contributed by atoms with E-state index in [0.29, 0.717) is 13.1 Å². The van der Waals surface area contributed by atoms with Gasteiger partial charge in [0.05, 0.1) is 18.8 Å². The summed E-state index contributed by atoms with van der Waals surface area (Å²) in [6.07, 6.45) is 3.26. The molecule has 1 unspecified atom stereocenters. The maximum Gasteiger partial charge on any atom is 0.266 e. The summed E-state index contributed by atoms with van der Waals surface area (Å²) in [5.74, 6) is 0.887. The molecule has 0 aliphatic rings. The van der Waals surface area contributed by atoms with Crippen molar-refractivity contribution >= 4 is 0 Å². The summed E-state index contributed by atoms with van der Waals surface area (Å²) >= 11 is 0. The van der Waals surface area contributed by atoms with Crippen molar-refractivity contribution in [2.24, 2.45) is 0 Å². The highest BCUT2D eigenvalue weighted by Gasteiger charge is 2.06. The fourth-order valence-electron chi connectivity index (χ4n) is 1.58. The monoisotopic (exact) mass is 233 g/mol. The molecule has 0 radical (unpaired) electrons. The first-order chi connectivity index (χ1) is 8.27. The number of aromatic nitrogens is 2. The van der Waals surface area contributed by atoms with Gasteiger partial charge in [0.15, 0.2) is 0 Å². The summed E-state index contributed by atoms with van der Waals surface area (Å²) in [6, 6.07) is 7.05. The molecule has 0 aliphatic carbocycles. The van der Waals surface area contributed by atoms with Crippen LogP contribution in [0, 0.1) is 0 Å². The van der Waals surface area contributed by atoms with Crippen molar-refractivity contribution in [1.82, 2.24) is 15.1 Å². The van der Waals surface area contributed by atoms with E-state index in [4.69, 9.17) is 4.42 Å². The predicted molar refractivity (Wildman–Crippen MR) is 63.6 cm³/mol. The molecule has 0 saturated heterocycles. The quantitative estimate of drug-likeness (QED) is 0.842. The van der Waals surface area contributed by atoms with Gasteiger partial charge >= 0.3 is 0 Å². The fourth-order valence-corrected chi connectivity index (χ4v) is 1.58. The first-order valence-corrected chi connectivity index (χ1v) is 5.56. The first-order valence-electron chi connectivity index (χ1n) is 5.56. The molecule has 0 bridgehead atoms. The van der Waals surface area contributed by atoms with Gasteiger partial charge < -0.3 is 9.73 Å². The third-order valence-corrected chi connectivity index (χ3v) is 2.53. The van der Waals surface area contributed by atoms with Gasteiger partial charge in [0.2, 0.25) is 0 Å². The van der Waals surface area contributed by atoms with Crippen molar-refractivity contribution in [2.75, 3.05) is 6.54 Å². The van der Waals surface area contributed by atoms with Crippen LogP contribution in [0.3, 0.4) is 0 Å². The number of furan rings is 1. The maximum absolute atomic E-state index is 11.4. The highest BCUT2D eigenvalue weighted by Crippen LogP contribution is 2.11. The number of hydrogen-bond donors (Lipinski definition) is 1. The van der Waals surface area contributed by atoms with E-state index in [1.54, 1.807) is 18.5 Å². The summed E-state index contributed by atoms with van der Waals surface area (Å²) in [6.45, 7) is 3.23. The van der Waals surface area contributed by atoms with E-state index in [1.807, 2.05) is 19.1 Å². The molecule has 2 aromatic heterocycles. The van der Waals surface area contributed by atoms with E-state index in [-0.39, 0.29) is 11.6 Å². The molecule has 2 aromatic rings. The number of nitrogens with zero attached hydrogens (tertiary/aromatic N) is 2. The Morgan fingerprint density at radius 1 is 1.47 bits per heavy atom. The minimum absolute atomic E-state index is 0.0834. The minimum atomic E-state index is -0.0834. The van der Waals surface area contributed by atoms with Crippen LogP contribution in [0.4, 0.5) is 0 Å². The smallest absolute Gasteiger partial charge is 0.266 e. The largest absolute Gasteiger partial charge is 0.468 e. The fraction of sp³-hybridized carbons (Fsp3) is 0.333. The topological polar surface area (TPSA) is 60.1 Å². The summed E-state index contributed by atoms with van der Waals surface area (Å²) in [5, 5.41) is 7.25. The van der Waals surface area contributed by atoms with Crippen LogP contribution in [-0.4, -0.2) is 16.3 Å². The maximum atomic E-state index is 11.4. The van der Waals surface area contributed by atoms with E-state index in [0.717, 1.165) is 5.76 Å². The average molecular weight is 233 g/mol. The lowest BCUT2D eigenvalue weighted by Gasteiger charge is -2.11. The summed E-state index contributed by atoms with van der Waals surface area (Å²) in [5.41, 5.74) is -0.0834. The van der Waals surface area contributed by atoms with Crippen molar-refractivity contribution in [1.29, 1.82) is 0 Å². The van der Waals surface area contributed by atoms with Gasteiger partial charge in [0, 0.05) is 18.8 Å². The Labute approximate surface area is 99.1 Å². The standard InChI is InChI=1S/C12H15N3O2/c1-10(11-4-3-9-17-11)13-7-8-15-12(16)5-2-6-14-15/h2-6,9-10,13H,7-8H2,1H3. The zero-order valence-corrected chi connectivity index (χ0v) is 9.67. The number of nitrogens with one attached hydrogen (secondary N) is 1. The van der Waals surface area contributed by atoms with Gasteiger partial charge in [-0.2, -0.15) is 5.10 Å². The Bertz CT molecular complexity index is 504. The second-order valence-electron chi connectivity index (χ2n) is 3.78. The van der Waals surface area contributed by atoms with E-state index < -0.39 is 0 Å². The van der Waals surface area contributed by atoms with Crippen molar-refractivity contribution in [3.05, 3.63) is 52.8 Å². The third-order valence-electron chi connectivity index (χ3n) is 2.53. The lowest BCUT2D eigenvalue weighted by Crippen LogP contribution is -2.29. The third kappa shape index (κ3) is 3.04. The second-order valence-corrected chi connectivity index (χ2v) is 3.78. The Hall–Kier alpha value is -1.88. The SMILES string of the molecule is CC(NCCn1ncccc1=O)c1ccco1. The van der Waals surface area contributed by atoms with Crippen LogP contribution in [0.1, 0.15) is 18.7 Å². The van der Waals surface area contributed by atoms with Crippen LogP contribution in [0.5, 0.6) is 0 Å². The Kier molecular flexibility index (Phi) is 3.72. The second kappa shape index (κ2) is 5.45. The molecule has 90 valence electrons. The van der Waals surface area contributed by atoms with Gasteiger partial charge in [-0.25, -0.2) is 4.68 Å². The molecule has 1 atom stereocenters. The minimum Gasteiger partial charge on any atom is -0.468 e. The molecule has 1 N–H and O–H groups in total. The van der Waals surface area contributed by atoms with Gasteiger partial charge in [-0.3, -0.25) is 4.79 Å². The molecule has 0 aliphatic heterocycles. The molecular formula is C12H15N3O2. The highest BCUT2D eigenvalue weighted by atomic mass is 16.3. The zero-order valence-electron chi connectivity index (χ0n) is 9.67. The van der Waals surface area contributed by atoms with Crippen molar-refractivity contribution in [3.63, 3.8) is 0 Å². The molecule has 0 aromatic carbocycles. The Balaban J connectivity index is 1.84. The normalized spacial score (nSPS) is 12.5. The molecule has 0 fully saturated rings. The van der Waals surface area contributed by atoms with Crippen LogP contribution in [-0.2, 0) is 6.54 Å². The predicted octanol–water partition coefficient (Wildman–Crippen LogP) is 1.19. The van der Waals surface area contributed by atoms with Gasteiger partial charge in [0.25, 0.3) is 5.56 Å². The van der Waals surface area contributed by atoms with E-state index in [1.165, 1.54) is 10.7 Å². The van der Waals surface area contributed by atoms with Gasteiger partial charge in [-0.05, 0) is 25.1 Å². The Morgan fingerprint density at radius 2 is 2.35 bits per heavy atom. The van der Waals surface area contributed by atoms with Crippen LogP contribution >= 0.6 is 0 Å². The molecule has 17 heavy (non-hydrogen) atoms. The van der Waals surface area contributed by atoms with E-state index >= 15 is 0 Å². The first kappa shape index (κ1) is 11.6. The zero-order chi connectivity index (χ0) is 12.1. The number of rotatable bonds is 5. The average Bonchev–Trinajstić information content (AvgIpc) is 2.85. The summed E-state index contributed by atoms with van der Waals surface area (Å²) in [4.78, 5) is 11.4. The van der Waals surface area contributed by atoms with Crippen LogP contribution in [0.25, 0.3) is 0 Å². The van der Waals surface area contributed by atoms with Gasteiger partial charge in [0.1, 0.15) is 5.76 Å². The molecule has 5 heteroatoms. The summed E-state index contributed by atoms with van der Waals surface area (Å²) in [7, 11) is 0. The summed E-state index contributed by atoms with van der Waals surface area (Å²) < 4.78 is 6.71. The lowest BCUT2D eigenvalue weighted by atomic mass is 10.2. The van der Waals surface area contributed by atoms with Crippen molar-refractivity contribution in [2.45, 2.75) is 19.5 Å². The van der Waals surface area contributed by atoms with Crippen LogP contribution < -0.4 is 10.9 Å². The molecule has 5 nitrogen and oxygen atoms in total. The number of hydrogen-bond acceptors (Lipinski definition) is 4. The van der Waals surface area contributed by atoms with Gasteiger partial charge in [-0.15, -0.1) is 0 Å². The highest BCUT2D eigenvalue weighted by molar-refractivity contribution is 5.02. The van der Waals surface area contributed by atoms with Gasteiger partial charge in [-0.1, -0.05) is 0 Å². The molecule has 2 rings (SSSR count).